The maximum atomic E-state index is 6.58. The molecule has 16 nitrogen and oxygen atoms in total. The van der Waals surface area contributed by atoms with Gasteiger partial charge in [0, 0.05) is 73.5 Å². The molecule has 0 spiro atoms. The van der Waals surface area contributed by atoms with Crippen molar-refractivity contribution in [3.8, 4) is 5.75 Å². The van der Waals surface area contributed by atoms with E-state index in [1.807, 2.05) is 53.5 Å². The van der Waals surface area contributed by atoms with Crippen LogP contribution in [0.25, 0.3) is 11.2 Å². The van der Waals surface area contributed by atoms with Crippen LogP contribution in [-0.2, 0) is 13.1 Å². The molecule has 9 rings (SSSR count). The van der Waals surface area contributed by atoms with Crippen molar-refractivity contribution in [2.45, 2.75) is 78.5 Å². The second kappa shape index (κ2) is 19.0. The van der Waals surface area contributed by atoms with Gasteiger partial charge in [0.2, 0.25) is 0 Å². The number of nitrogens with zero attached hydrogens (tertiary/aromatic N) is 11. The van der Waals surface area contributed by atoms with Crippen LogP contribution in [-0.4, -0.2) is 103 Å². The van der Waals surface area contributed by atoms with E-state index in [0.717, 1.165) is 117 Å². The van der Waals surface area contributed by atoms with Crippen LogP contribution in [0.3, 0.4) is 0 Å². The first-order chi connectivity index (χ1) is 30.3. The number of thioether (sulfide) groups is 1. The normalized spacial score (nSPS) is 16.6. The number of methoxy groups -OCH3 is 1. The number of anilines is 4. The Kier molecular flexibility index (Phi) is 13.5. The molecular formula is C43H51Cl2N15OS2. The molecule has 0 radical (unpaired) electrons. The fraction of sp³-hybridized carbons (Fsp3) is 0.395. The summed E-state index contributed by atoms with van der Waals surface area (Å²) in [6.07, 6.45) is 10.9. The number of halogens is 2. The van der Waals surface area contributed by atoms with Crippen LogP contribution in [0.5, 0.6) is 5.75 Å². The van der Waals surface area contributed by atoms with Crippen LogP contribution in [0.2, 0.25) is 10.0 Å². The summed E-state index contributed by atoms with van der Waals surface area (Å²) in [5.74, 6) is 3.83. The lowest BCUT2D eigenvalue weighted by Crippen LogP contribution is -2.48. The Labute approximate surface area is 385 Å². The molecule has 3 aliphatic rings. The number of aliphatic imine (C=N–C) groups is 1. The van der Waals surface area contributed by atoms with Crippen molar-refractivity contribution in [3.63, 3.8) is 0 Å². The average Bonchev–Trinajstić information content (AvgIpc) is 3.84. The lowest BCUT2D eigenvalue weighted by Gasteiger charge is -2.37. The zero-order chi connectivity index (χ0) is 44.3. The van der Waals surface area contributed by atoms with Crippen LogP contribution < -0.4 is 36.6 Å². The number of pyridine rings is 2. The average molecular weight is 929 g/mol. The van der Waals surface area contributed by atoms with Gasteiger partial charge in [0.1, 0.15) is 45.3 Å². The van der Waals surface area contributed by atoms with E-state index in [1.165, 1.54) is 23.5 Å². The number of nitrogens with one attached hydrogen (secondary N) is 2. The van der Waals surface area contributed by atoms with E-state index >= 15 is 0 Å². The minimum Gasteiger partial charge on any atom is -0.497 e. The molecule has 63 heavy (non-hydrogen) atoms. The fourth-order valence-corrected chi connectivity index (χ4v) is 9.83. The van der Waals surface area contributed by atoms with Gasteiger partial charge < -0.3 is 36.6 Å². The second-order valence-corrected chi connectivity index (χ2v) is 19.1. The number of ether oxygens (including phenoxy) is 1. The summed E-state index contributed by atoms with van der Waals surface area (Å²) in [4.78, 5) is 38.7. The number of nitrogens with two attached hydrogens (primary N) is 2. The van der Waals surface area contributed by atoms with Gasteiger partial charge in [-0.3, -0.25) is 4.99 Å². The smallest absolute Gasteiger partial charge is 0.180 e. The van der Waals surface area contributed by atoms with E-state index in [-0.39, 0.29) is 11.1 Å². The Bertz CT molecular complexity index is 2600. The molecule has 0 amide bonds. The zero-order valence-electron chi connectivity index (χ0n) is 35.9. The predicted octanol–water partition coefficient (Wildman–Crippen LogP) is 7.38. The third kappa shape index (κ3) is 10.2. The molecule has 6 N–H and O–H groups in total. The molecular weight excluding hydrogens is 878 g/mol. The van der Waals surface area contributed by atoms with Crippen molar-refractivity contribution in [1.29, 1.82) is 0 Å². The standard InChI is InChI=1S/C25H29ClN8OS.C18H22ClN7S/c1-25(27)9-12-33(13-10-25)19-14-30-21-23(31-19)34(15-16-4-6-17(35-3)7-5-16)32-24(21)36-18-8-11-29-22(28-2)20(18)26;1-18(20)4-7-26(8-5-18)13-10-23-15-11(25-13)9-24-17(15)27-12-3-6-22-16(21-2)14(12)19/h4-8,11,14H,9-10,12-13,15,27H2,1-3H3,(H,28,29);3,6,10H,4-5,7-9,20H2,1-2H3,(H,21,22). The molecule has 6 aromatic rings. The first-order valence-corrected chi connectivity index (χ1v) is 23.1. The van der Waals surface area contributed by atoms with Gasteiger partial charge in [-0.15, -0.1) is 0 Å². The first kappa shape index (κ1) is 44.6. The van der Waals surface area contributed by atoms with E-state index in [9.17, 15) is 0 Å². The maximum Gasteiger partial charge on any atom is 0.180 e. The molecule has 2 saturated heterocycles. The molecule has 0 unspecified atom stereocenters. The van der Waals surface area contributed by atoms with E-state index < -0.39 is 0 Å². The molecule has 0 bridgehead atoms. The van der Waals surface area contributed by atoms with Crippen molar-refractivity contribution in [2.24, 2.45) is 16.5 Å². The molecule has 0 atom stereocenters. The largest absolute Gasteiger partial charge is 0.497 e. The monoisotopic (exact) mass is 927 g/mol. The summed E-state index contributed by atoms with van der Waals surface area (Å²) in [6.45, 7) is 8.82. The summed E-state index contributed by atoms with van der Waals surface area (Å²) in [7, 11) is 5.25. The Hall–Kier alpha value is -4.98. The first-order valence-electron chi connectivity index (χ1n) is 20.7. The van der Waals surface area contributed by atoms with Crippen LogP contribution in [0, 0.1) is 0 Å². The highest BCUT2D eigenvalue weighted by atomic mass is 35.5. The van der Waals surface area contributed by atoms with Crippen molar-refractivity contribution in [2.75, 3.05) is 67.8 Å². The van der Waals surface area contributed by atoms with E-state index in [0.29, 0.717) is 34.8 Å². The molecule has 1 aromatic carbocycles. The Morgan fingerprint density at radius 2 is 1.30 bits per heavy atom. The van der Waals surface area contributed by atoms with Gasteiger partial charge in [0.25, 0.3) is 0 Å². The van der Waals surface area contributed by atoms with Crippen molar-refractivity contribution in [1.82, 2.24) is 39.7 Å². The molecule has 3 aliphatic heterocycles. The van der Waals surface area contributed by atoms with Gasteiger partial charge >= 0.3 is 0 Å². The lowest BCUT2D eigenvalue weighted by atomic mass is 9.91. The summed E-state index contributed by atoms with van der Waals surface area (Å²) < 4.78 is 7.21. The third-order valence-electron chi connectivity index (χ3n) is 11.4. The van der Waals surface area contributed by atoms with Crippen molar-refractivity contribution in [3.05, 3.63) is 88.2 Å². The molecule has 330 valence electrons. The minimum atomic E-state index is -0.135. The number of hydrogen-bond donors (Lipinski definition) is 4. The second-order valence-electron chi connectivity index (χ2n) is 16.3. The third-order valence-corrected chi connectivity index (χ3v) is 14.4. The van der Waals surface area contributed by atoms with Crippen LogP contribution in [0.4, 0.5) is 23.3 Å². The SMILES string of the molecule is CNc1nccc(SC2=NCc3nc(N4CCC(C)(N)CC4)cnc32)c1Cl.CNc1nccc(Sc2nn(Cc3ccc(OC)cc3)c3nc(N4CCC(C)(N)CC4)cnc23)c1Cl. The van der Waals surface area contributed by atoms with Gasteiger partial charge in [0.05, 0.1) is 48.3 Å². The number of piperidine rings is 2. The maximum absolute atomic E-state index is 6.58. The number of benzene rings is 1. The van der Waals surface area contributed by atoms with Crippen molar-refractivity contribution < 1.29 is 4.74 Å². The fourth-order valence-electron chi connectivity index (χ4n) is 7.36. The van der Waals surface area contributed by atoms with Crippen molar-refractivity contribution >= 4 is 86.2 Å². The van der Waals surface area contributed by atoms with Crippen LogP contribution >= 0.6 is 46.7 Å². The topological polar surface area (TPSA) is 199 Å². The lowest BCUT2D eigenvalue weighted by molar-refractivity contribution is 0.362. The quantitative estimate of drug-likeness (QED) is 0.106. The summed E-state index contributed by atoms with van der Waals surface area (Å²) in [6, 6.07) is 11.7. The summed E-state index contributed by atoms with van der Waals surface area (Å²) in [5, 5.41) is 13.6. The van der Waals surface area contributed by atoms with E-state index in [1.54, 1.807) is 33.6 Å². The number of hydrogen-bond acceptors (Lipinski definition) is 17. The highest BCUT2D eigenvalue weighted by Gasteiger charge is 2.30. The molecule has 8 heterocycles. The molecule has 2 fully saturated rings. The summed E-state index contributed by atoms with van der Waals surface area (Å²) in [5.41, 5.74) is 16.6. The van der Waals surface area contributed by atoms with Crippen LogP contribution in [0.1, 0.15) is 56.5 Å². The van der Waals surface area contributed by atoms with E-state index in [2.05, 4.69) is 54.2 Å². The number of rotatable bonds is 10. The van der Waals surface area contributed by atoms with Gasteiger partial charge in [-0.25, -0.2) is 34.6 Å². The summed E-state index contributed by atoms with van der Waals surface area (Å²) >= 11 is 15.9. The van der Waals surface area contributed by atoms with E-state index in [4.69, 9.17) is 59.5 Å². The Morgan fingerprint density at radius 3 is 1.87 bits per heavy atom. The molecule has 0 aliphatic carbocycles. The predicted molar refractivity (Wildman–Crippen MR) is 255 cm³/mol. The zero-order valence-corrected chi connectivity index (χ0v) is 39.0. The highest BCUT2D eigenvalue weighted by molar-refractivity contribution is 8.14. The number of aromatic nitrogens is 8. The van der Waals surface area contributed by atoms with Gasteiger partial charge in [-0.2, -0.15) is 5.10 Å². The van der Waals surface area contributed by atoms with Crippen LogP contribution in [0.15, 0.2) is 81.0 Å². The number of fused-ring (bicyclic) bond motifs is 2. The highest BCUT2D eigenvalue weighted by Crippen LogP contribution is 2.39. The van der Waals surface area contributed by atoms with Gasteiger partial charge in [-0.05, 0) is 69.4 Å². The van der Waals surface area contributed by atoms with Gasteiger partial charge in [0.15, 0.2) is 10.7 Å². The molecule has 5 aromatic heterocycles. The Balaban J connectivity index is 0.000000180. The minimum absolute atomic E-state index is 0.0798. The van der Waals surface area contributed by atoms with Gasteiger partial charge in [-0.1, -0.05) is 58.9 Å². The molecule has 0 saturated carbocycles. The Morgan fingerprint density at radius 1 is 0.746 bits per heavy atom. The molecule has 20 heteroatoms.